The zero-order valence-electron chi connectivity index (χ0n) is 39.3. The van der Waals surface area contributed by atoms with Gasteiger partial charge in [0.05, 0.1) is 11.3 Å². The third kappa shape index (κ3) is 15.4. The largest absolute Gasteiger partial charge is 0.357 e. The summed E-state index contributed by atoms with van der Waals surface area (Å²) >= 11 is 18.9. The summed E-state index contributed by atoms with van der Waals surface area (Å²) in [5.41, 5.74) is 7.83. The summed E-state index contributed by atoms with van der Waals surface area (Å²) in [4.78, 5) is 64.4. The Hall–Kier alpha value is -5.22. The number of aromatic nitrogens is 2. The second-order valence-electron chi connectivity index (χ2n) is 16.5. The van der Waals surface area contributed by atoms with E-state index in [2.05, 4.69) is 99.5 Å². The summed E-state index contributed by atoms with van der Waals surface area (Å²) in [5.74, 6) is -0.121. The van der Waals surface area contributed by atoms with Crippen molar-refractivity contribution in [3.05, 3.63) is 138 Å². The number of amides is 4. The highest BCUT2D eigenvalue weighted by Gasteiger charge is 2.25. The molecule has 4 aromatic carbocycles. The average Bonchev–Trinajstić information content (AvgIpc) is 3.89. The number of piperazine rings is 2. The number of nitrogens with one attached hydrogen (secondary N) is 4. The highest BCUT2D eigenvalue weighted by molar-refractivity contribution is 9.10. The van der Waals surface area contributed by atoms with Crippen LogP contribution in [0.15, 0.2) is 93.9 Å². The van der Waals surface area contributed by atoms with Gasteiger partial charge in [-0.15, -0.1) is 0 Å². The third-order valence-electron chi connectivity index (χ3n) is 12.1. The van der Waals surface area contributed by atoms with Gasteiger partial charge in [0.15, 0.2) is 0 Å². The molecule has 0 atom stereocenters. The first-order valence-corrected chi connectivity index (χ1v) is 25.7. The molecule has 0 bridgehead atoms. The van der Waals surface area contributed by atoms with E-state index in [4.69, 9.17) is 23.2 Å². The summed E-state index contributed by atoms with van der Waals surface area (Å²) in [6.45, 7) is 14.1. The van der Waals surface area contributed by atoms with E-state index >= 15 is 0 Å². The number of carbonyl (C=O) groups is 4. The van der Waals surface area contributed by atoms with Gasteiger partial charge in [0.2, 0.25) is 18.2 Å². The van der Waals surface area contributed by atoms with E-state index in [1.165, 1.54) is 10.9 Å². The molecule has 12 nitrogen and oxygen atoms in total. The molecule has 16 heteroatoms. The Balaban J connectivity index is 0.000000294. The van der Waals surface area contributed by atoms with Crippen LogP contribution in [-0.4, -0.2) is 132 Å². The number of halogens is 4. The predicted octanol–water partition coefficient (Wildman–Crippen LogP) is 10.4. The lowest BCUT2D eigenvalue weighted by Crippen LogP contribution is -2.51. The van der Waals surface area contributed by atoms with Gasteiger partial charge < -0.3 is 30.4 Å². The van der Waals surface area contributed by atoms with Gasteiger partial charge in [0.25, 0.3) is 5.91 Å². The number of fused-ring (bicyclic) bond motifs is 2. The molecular weight excluding hydrogens is 1040 g/mol. The molecule has 0 unspecified atom stereocenters. The van der Waals surface area contributed by atoms with Crippen molar-refractivity contribution in [3.8, 4) is 0 Å². The minimum atomic E-state index is -0.149. The first kappa shape index (κ1) is 53.1. The van der Waals surface area contributed by atoms with Gasteiger partial charge >= 0.3 is 0 Å². The molecule has 2 aromatic heterocycles. The number of carbonyl (C=O) groups excluding carboxylic acids is 4. The summed E-state index contributed by atoms with van der Waals surface area (Å²) in [6, 6.07) is 27.4. The van der Waals surface area contributed by atoms with E-state index in [1.54, 1.807) is 0 Å². The van der Waals surface area contributed by atoms with Crippen LogP contribution in [0.3, 0.4) is 0 Å². The van der Waals surface area contributed by atoms with Gasteiger partial charge in [-0.2, -0.15) is 0 Å². The Morgan fingerprint density at radius 2 is 1.06 bits per heavy atom. The molecule has 0 saturated carbocycles. The van der Waals surface area contributed by atoms with Crippen molar-refractivity contribution in [3.63, 3.8) is 0 Å². The number of rotatable bonds is 15. The standard InChI is InChI=1S/C34H41BrClN7O4.C17H13BrClN.C2H6/c35-26-4-7-28-30(23-26)39-29(8-3-25-1-5-27(36)6-2-25)33(28)34(47)38-12-14-41-17-21-43(22-18-41)32(46)10-9-31(45)42-19-15-40(16-20-42)13-11-37-24-44;1-11-15-8-5-13(18)10-17(15)20-16(11)9-4-12-2-6-14(19)7-3-12;1-2/h1-8,23-24,39H,9-22H2,(H,37,44)(H,38,47);2-10,20H,1H3;1-2H3/b8-3+;9-4+;. The summed E-state index contributed by atoms with van der Waals surface area (Å²) in [5, 5.41) is 9.28. The Labute approximate surface area is 431 Å². The molecule has 6 aromatic rings. The topological polar surface area (TPSA) is 137 Å². The number of hydrogen-bond acceptors (Lipinski definition) is 6. The molecule has 69 heavy (non-hydrogen) atoms. The van der Waals surface area contributed by atoms with Crippen LogP contribution in [0.4, 0.5) is 0 Å². The molecule has 2 aliphatic heterocycles. The molecular formula is C53H60Br2Cl2N8O4. The summed E-state index contributed by atoms with van der Waals surface area (Å²) < 4.78 is 2.01. The van der Waals surface area contributed by atoms with Gasteiger partial charge in [0.1, 0.15) is 0 Å². The fourth-order valence-electron chi connectivity index (χ4n) is 8.23. The van der Waals surface area contributed by atoms with Crippen LogP contribution in [0.25, 0.3) is 46.1 Å². The highest BCUT2D eigenvalue weighted by atomic mass is 79.9. The van der Waals surface area contributed by atoms with Gasteiger partial charge in [0, 0.05) is 138 Å². The Bertz CT molecular complexity index is 2720. The van der Waals surface area contributed by atoms with Crippen LogP contribution in [0, 0.1) is 6.92 Å². The van der Waals surface area contributed by atoms with E-state index in [1.807, 2.05) is 103 Å². The Morgan fingerprint density at radius 3 is 1.57 bits per heavy atom. The number of aromatic amines is 2. The van der Waals surface area contributed by atoms with Crippen LogP contribution < -0.4 is 10.6 Å². The van der Waals surface area contributed by atoms with Gasteiger partial charge in [-0.3, -0.25) is 29.0 Å². The fraction of sp³-hybridized carbons (Fsp3) is 0.321. The van der Waals surface area contributed by atoms with E-state index in [-0.39, 0.29) is 30.6 Å². The smallest absolute Gasteiger partial charge is 0.254 e. The second-order valence-corrected chi connectivity index (χ2v) is 19.2. The molecule has 0 aliphatic carbocycles. The fourth-order valence-corrected chi connectivity index (χ4v) is 9.21. The average molecular weight is 1100 g/mol. The van der Waals surface area contributed by atoms with Crippen molar-refractivity contribution < 1.29 is 19.2 Å². The molecule has 2 saturated heterocycles. The normalized spacial score (nSPS) is 14.4. The maximum Gasteiger partial charge on any atom is 0.254 e. The monoisotopic (exact) mass is 1100 g/mol. The number of aryl methyl sites for hydroxylation is 1. The predicted molar refractivity (Wildman–Crippen MR) is 291 cm³/mol. The molecule has 364 valence electrons. The van der Waals surface area contributed by atoms with Crippen LogP contribution in [0.2, 0.25) is 10.0 Å². The summed E-state index contributed by atoms with van der Waals surface area (Å²) in [6.07, 6.45) is 9.18. The van der Waals surface area contributed by atoms with Crippen molar-refractivity contribution in [2.24, 2.45) is 0 Å². The number of H-pyrrole nitrogens is 2. The first-order chi connectivity index (χ1) is 33.4. The third-order valence-corrected chi connectivity index (χ3v) is 13.6. The number of hydrogen-bond donors (Lipinski definition) is 4. The van der Waals surface area contributed by atoms with Crippen LogP contribution in [-0.2, 0) is 14.4 Å². The van der Waals surface area contributed by atoms with Crippen molar-refractivity contribution in [1.29, 1.82) is 0 Å². The van der Waals surface area contributed by atoms with Crippen molar-refractivity contribution in [2.75, 3.05) is 78.5 Å². The molecule has 4 N–H and O–H groups in total. The SMILES string of the molecule is CC.Cc1c(/C=C/c2ccc(Cl)cc2)[nH]c2cc(Br)ccc12.O=CNCCN1CCN(C(=O)CCC(=O)N2CCN(CCNC(=O)c3c(/C=C/c4ccc(Cl)cc4)[nH]c4cc(Br)ccc34)CC2)CC1. The number of benzene rings is 4. The zero-order chi connectivity index (χ0) is 49.3. The number of nitrogens with zero attached hydrogens (tertiary/aromatic N) is 4. The molecule has 0 spiro atoms. The second kappa shape index (κ2) is 26.7. The maximum atomic E-state index is 13.5. The zero-order valence-corrected chi connectivity index (χ0v) is 44.0. The maximum absolute atomic E-state index is 13.5. The van der Waals surface area contributed by atoms with Gasteiger partial charge in [-0.1, -0.05) is 117 Å². The minimum absolute atomic E-state index is 0.00929. The first-order valence-electron chi connectivity index (χ1n) is 23.4. The lowest BCUT2D eigenvalue weighted by molar-refractivity contribution is -0.138. The van der Waals surface area contributed by atoms with Gasteiger partial charge in [-0.05, 0) is 84.3 Å². The van der Waals surface area contributed by atoms with Crippen molar-refractivity contribution in [2.45, 2.75) is 33.6 Å². The van der Waals surface area contributed by atoms with Crippen LogP contribution in [0.1, 0.15) is 65.1 Å². The molecule has 2 aliphatic rings. The van der Waals surface area contributed by atoms with E-state index < -0.39 is 0 Å². The molecule has 0 radical (unpaired) electrons. The quantitative estimate of drug-likeness (QED) is 0.0597. The van der Waals surface area contributed by atoms with E-state index in [0.717, 1.165) is 72.5 Å². The minimum Gasteiger partial charge on any atom is -0.357 e. The highest BCUT2D eigenvalue weighted by Crippen LogP contribution is 2.28. The molecule has 2 fully saturated rings. The Morgan fingerprint density at radius 1 is 0.609 bits per heavy atom. The Kier molecular flexibility index (Phi) is 20.5. The van der Waals surface area contributed by atoms with Crippen molar-refractivity contribution >= 4 is 125 Å². The summed E-state index contributed by atoms with van der Waals surface area (Å²) in [7, 11) is 0. The molecule has 4 amide bonds. The van der Waals surface area contributed by atoms with Crippen LogP contribution >= 0.6 is 55.1 Å². The molecule has 4 heterocycles. The van der Waals surface area contributed by atoms with E-state index in [9.17, 15) is 19.2 Å². The van der Waals surface area contributed by atoms with E-state index in [0.29, 0.717) is 75.9 Å². The van der Waals surface area contributed by atoms with Crippen molar-refractivity contribution in [1.82, 2.24) is 40.2 Å². The lowest BCUT2D eigenvalue weighted by atomic mass is 10.1. The van der Waals surface area contributed by atoms with Crippen LogP contribution in [0.5, 0.6) is 0 Å². The molecule has 8 rings (SSSR count). The lowest BCUT2D eigenvalue weighted by Gasteiger charge is -2.36. The van der Waals surface area contributed by atoms with Gasteiger partial charge in [-0.25, -0.2) is 0 Å².